The van der Waals surface area contributed by atoms with Gasteiger partial charge in [-0.1, -0.05) is 30.3 Å². The highest BCUT2D eigenvalue weighted by atomic mass is 16.6. The van der Waals surface area contributed by atoms with Crippen LogP contribution in [0.5, 0.6) is 5.75 Å². The number of amides is 1. The van der Waals surface area contributed by atoms with E-state index >= 15 is 0 Å². The topological polar surface area (TPSA) is 103 Å². The molecule has 0 aliphatic carbocycles. The number of methoxy groups -OCH3 is 2. The number of hydrogen-bond donors (Lipinski definition) is 1. The standard InChI is InChI=1S/C17H17N3O5/c1-24-15-9-8-12(10-14(15)20(22)23)11-18-19-17(21)16(25-2)13-6-4-3-5-7-13/h3-11,16H,1-2H3,(H,19,21)/b18-11-/t16-/m1/s1. The van der Waals surface area contributed by atoms with Gasteiger partial charge in [-0.15, -0.1) is 0 Å². The van der Waals surface area contributed by atoms with Crippen LogP contribution < -0.4 is 10.2 Å². The minimum Gasteiger partial charge on any atom is -0.490 e. The molecule has 0 fully saturated rings. The molecule has 25 heavy (non-hydrogen) atoms. The van der Waals surface area contributed by atoms with E-state index in [1.54, 1.807) is 30.3 Å². The van der Waals surface area contributed by atoms with Crippen LogP contribution in [-0.4, -0.2) is 31.3 Å². The van der Waals surface area contributed by atoms with E-state index < -0.39 is 16.9 Å². The van der Waals surface area contributed by atoms with E-state index in [0.29, 0.717) is 11.1 Å². The fourth-order valence-corrected chi connectivity index (χ4v) is 2.18. The van der Waals surface area contributed by atoms with Gasteiger partial charge in [0.25, 0.3) is 5.91 Å². The summed E-state index contributed by atoms with van der Waals surface area (Å²) in [5.41, 5.74) is 3.32. The van der Waals surface area contributed by atoms with Crippen LogP contribution in [0.25, 0.3) is 0 Å². The molecule has 130 valence electrons. The van der Waals surface area contributed by atoms with Crippen LogP contribution in [0, 0.1) is 10.1 Å². The van der Waals surface area contributed by atoms with Crippen molar-refractivity contribution in [1.82, 2.24) is 5.43 Å². The Bertz CT molecular complexity index is 777. The molecule has 0 saturated carbocycles. The highest BCUT2D eigenvalue weighted by molar-refractivity contribution is 5.85. The zero-order valence-electron chi connectivity index (χ0n) is 13.7. The second kappa shape index (κ2) is 8.55. The average molecular weight is 343 g/mol. The van der Waals surface area contributed by atoms with Crippen molar-refractivity contribution in [1.29, 1.82) is 0 Å². The van der Waals surface area contributed by atoms with Crippen molar-refractivity contribution in [2.24, 2.45) is 5.10 Å². The minimum atomic E-state index is -0.802. The molecule has 2 aromatic carbocycles. The van der Waals surface area contributed by atoms with Crippen molar-refractivity contribution in [2.45, 2.75) is 6.10 Å². The number of nitro groups is 1. The summed E-state index contributed by atoms with van der Waals surface area (Å²) in [6.45, 7) is 0. The molecule has 8 heteroatoms. The van der Waals surface area contributed by atoms with E-state index in [1.807, 2.05) is 6.07 Å². The zero-order valence-corrected chi connectivity index (χ0v) is 13.7. The summed E-state index contributed by atoms with van der Waals surface area (Å²) in [6, 6.07) is 13.3. The van der Waals surface area contributed by atoms with Crippen molar-refractivity contribution in [2.75, 3.05) is 14.2 Å². The average Bonchev–Trinajstić information content (AvgIpc) is 2.63. The Hall–Kier alpha value is -3.26. The van der Waals surface area contributed by atoms with Crippen molar-refractivity contribution in [3.63, 3.8) is 0 Å². The molecule has 0 unspecified atom stereocenters. The Morgan fingerprint density at radius 1 is 1.24 bits per heavy atom. The smallest absolute Gasteiger partial charge is 0.311 e. The Balaban J connectivity index is 2.08. The molecule has 1 N–H and O–H groups in total. The van der Waals surface area contributed by atoms with Crippen LogP contribution in [0.1, 0.15) is 17.2 Å². The Kier molecular flexibility index (Phi) is 6.19. The third-order valence-electron chi connectivity index (χ3n) is 3.36. The molecule has 0 heterocycles. The number of benzene rings is 2. The number of nitrogens with zero attached hydrogens (tertiary/aromatic N) is 2. The van der Waals surface area contributed by atoms with Gasteiger partial charge in [0.15, 0.2) is 11.9 Å². The quantitative estimate of drug-likeness (QED) is 0.472. The van der Waals surface area contributed by atoms with Gasteiger partial charge in [-0.25, -0.2) is 5.43 Å². The Labute approximate surface area is 144 Å². The largest absolute Gasteiger partial charge is 0.490 e. The first kappa shape index (κ1) is 18.1. The maximum absolute atomic E-state index is 12.2. The van der Waals surface area contributed by atoms with E-state index in [4.69, 9.17) is 9.47 Å². The molecule has 0 aliphatic rings. The van der Waals surface area contributed by atoms with Crippen molar-refractivity contribution >= 4 is 17.8 Å². The first-order chi connectivity index (χ1) is 12.1. The van der Waals surface area contributed by atoms with Gasteiger partial charge in [-0.2, -0.15) is 5.10 Å². The molecule has 2 aromatic rings. The van der Waals surface area contributed by atoms with Crippen LogP contribution in [0.15, 0.2) is 53.6 Å². The third kappa shape index (κ3) is 4.61. The summed E-state index contributed by atoms with van der Waals surface area (Å²) in [4.78, 5) is 22.6. The zero-order chi connectivity index (χ0) is 18.2. The summed E-state index contributed by atoms with van der Waals surface area (Å²) < 4.78 is 10.1. The van der Waals surface area contributed by atoms with Crippen LogP contribution >= 0.6 is 0 Å². The Morgan fingerprint density at radius 3 is 2.56 bits per heavy atom. The summed E-state index contributed by atoms with van der Waals surface area (Å²) in [5, 5.41) is 14.8. The maximum atomic E-state index is 12.2. The van der Waals surface area contributed by atoms with Gasteiger partial charge in [-0.3, -0.25) is 14.9 Å². The van der Waals surface area contributed by atoms with Crippen LogP contribution in [0.4, 0.5) is 5.69 Å². The molecule has 0 aromatic heterocycles. The molecule has 2 rings (SSSR count). The monoisotopic (exact) mass is 343 g/mol. The van der Waals surface area contributed by atoms with Crippen LogP contribution in [-0.2, 0) is 9.53 Å². The number of carbonyl (C=O) groups excluding carboxylic acids is 1. The molecule has 1 amide bonds. The highest BCUT2D eigenvalue weighted by Gasteiger charge is 2.19. The van der Waals surface area contributed by atoms with E-state index in [0.717, 1.165) is 0 Å². The normalized spacial score (nSPS) is 11.9. The number of rotatable bonds is 7. The summed E-state index contributed by atoms with van der Waals surface area (Å²) >= 11 is 0. The predicted molar refractivity (Wildman–Crippen MR) is 91.6 cm³/mol. The van der Waals surface area contributed by atoms with Crippen molar-refractivity contribution in [3.05, 3.63) is 69.8 Å². The van der Waals surface area contributed by atoms with Gasteiger partial charge in [0.05, 0.1) is 18.2 Å². The number of ether oxygens (including phenoxy) is 2. The van der Waals surface area contributed by atoms with E-state index in [1.165, 1.54) is 32.6 Å². The lowest BCUT2D eigenvalue weighted by Gasteiger charge is -2.13. The number of hydrogen-bond acceptors (Lipinski definition) is 6. The highest BCUT2D eigenvalue weighted by Crippen LogP contribution is 2.26. The van der Waals surface area contributed by atoms with E-state index in [-0.39, 0.29) is 11.4 Å². The van der Waals surface area contributed by atoms with E-state index in [9.17, 15) is 14.9 Å². The summed E-state index contributed by atoms with van der Waals surface area (Å²) in [5.74, 6) is -0.303. The number of nitro benzene ring substituents is 1. The molecule has 0 spiro atoms. The van der Waals surface area contributed by atoms with Gasteiger partial charge in [0.2, 0.25) is 0 Å². The lowest BCUT2D eigenvalue weighted by Crippen LogP contribution is -2.26. The molecule has 1 atom stereocenters. The van der Waals surface area contributed by atoms with Gasteiger partial charge < -0.3 is 9.47 Å². The predicted octanol–water partition coefficient (Wildman–Crippen LogP) is 2.44. The molecule has 0 bridgehead atoms. The molecule has 0 aliphatic heterocycles. The summed E-state index contributed by atoms with van der Waals surface area (Å²) in [6.07, 6.45) is 0.505. The fourth-order valence-electron chi connectivity index (χ4n) is 2.18. The fraction of sp³-hybridized carbons (Fsp3) is 0.176. The lowest BCUT2D eigenvalue weighted by atomic mass is 10.1. The van der Waals surface area contributed by atoms with Crippen molar-refractivity contribution in [3.8, 4) is 5.75 Å². The van der Waals surface area contributed by atoms with Gasteiger partial charge in [0, 0.05) is 18.7 Å². The molecule has 8 nitrogen and oxygen atoms in total. The summed E-state index contributed by atoms with van der Waals surface area (Å²) in [7, 11) is 2.78. The maximum Gasteiger partial charge on any atom is 0.311 e. The SMILES string of the molecule is COc1ccc(/C=N\NC(=O)[C@H](OC)c2ccccc2)cc1[N+](=O)[O-]. The van der Waals surface area contributed by atoms with Gasteiger partial charge in [-0.05, 0) is 17.7 Å². The molecular formula is C17H17N3O5. The van der Waals surface area contributed by atoms with Crippen LogP contribution in [0.3, 0.4) is 0 Å². The third-order valence-corrected chi connectivity index (χ3v) is 3.36. The second-order valence-electron chi connectivity index (χ2n) is 4.95. The lowest BCUT2D eigenvalue weighted by molar-refractivity contribution is -0.385. The van der Waals surface area contributed by atoms with Gasteiger partial charge in [0.1, 0.15) is 0 Å². The number of hydrazone groups is 1. The number of carbonyl (C=O) groups is 1. The first-order valence-electron chi connectivity index (χ1n) is 7.30. The van der Waals surface area contributed by atoms with Gasteiger partial charge >= 0.3 is 5.69 Å². The van der Waals surface area contributed by atoms with E-state index in [2.05, 4.69) is 10.5 Å². The molecule has 0 saturated heterocycles. The number of nitrogens with one attached hydrogen (secondary N) is 1. The molecule has 0 radical (unpaired) electrons. The Morgan fingerprint density at radius 2 is 1.96 bits per heavy atom. The van der Waals surface area contributed by atoms with Crippen molar-refractivity contribution < 1.29 is 19.2 Å². The molecular weight excluding hydrogens is 326 g/mol. The second-order valence-corrected chi connectivity index (χ2v) is 4.95. The first-order valence-corrected chi connectivity index (χ1v) is 7.30. The van der Waals surface area contributed by atoms with Crippen LogP contribution in [0.2, 0.25) is 0 Å². The minimum absolute atomic E-state index is 0.148.